The second kappa shape index (κ2) is 8.74. The number of hydrogen-bond acceptors (Lipinski definition) is 6. The molecule has 0 spiro atoms. The Morgan fingerprint density at radius 3 is 2.32 bits per heavy atom. The van der Waals surface area contributed by atoms with Gasteiger partial charge in [-0.1, -0.05) is 13.5 Å². The molecule has 1 aliphatic rings. The second-order valence-electron chi connectivity index (χ2n) is 8.77. The molecule has 9 heteroatoms. The standard InChI is InChI=1S/C21H26F2N6O.CH4/c1-21(2,3)28-19-24-11-16-18(27-19)29(12-7-9-13(30)10-8-12)20(25-16)26-17-14(22)5-4-6-15(17)23;/h4-6,11-13,30H,7-10H2,1-3H3,(H,25,26)(H,24,27,28);1H4. The molecule has 2 aromatic heterocycles. The molecule has 1 aromatic carbocycles. The molecule has 0 saturated heterocycles. The summed E-state index contributed by atoms with van der Waals surface area (Å²) in [5.41, 5.74) is 0.619. The molecular formula is C22H30F2N6O. The van der Waals surface area contributed by atoms with Gasteiger partial charge in [-0.05, 0) is 58.6 Å². The van der Waals surface area contributed by atoms with Gasteiger partial charge in [-0.25, -0.2) is 18.7 Å². The van der Waals surface area contributed by atoms with Crippen LogP contribution in [0.4, 0.5) is 26.4 Å². The monoisotopic (exact) mass is 432 g/mol. The molecule has 1 saturated carbocycles. The lowest BCUT2D eigenvalue weighted by Gasteiger charge is -2.28. The number of para-hydroxylation sites is 1. The third-order valence-corrected chi connectivity index (χ3v) is 5.15. The predicted octanol–water partition coefficient (Wildman–Crippen LogP) is 5.17. The van der Waals surface area contributed by atoms with Crippen molar-refractivity contribution in [1.82, 2.24) is 19.5 Å². The minimum atomic E-state index is -0.700. The Morgan fingerprint density at radius 1 is 1.06 bits per heavy atom. The first-order chi connectivity index (χ1) is 14.2. The third kappa shape index (κ3) is 4.92. The molecule has 0 unspecified atom stereocenters. The Balaban J connectivity index is 0.00000272. The number of benzene rings is 1. The summed E-state index contributed by atoms with van der Waals surface area (Å²) in [7, 11) is 0. The Morgan fingerprint density at radius 2 is 1.71 bits per heavy atom. The van der Waals surface area contributed by atoms with Crippen LogP contribution < -0.4 is 10.6 Å². The lowest BCUT2D eigenvalue weighted by molar-refractivity contribution is 0.112. The van der Waals surface area contributed by atoms with Crippen molar-refractivity contribution in [2.75, 3.05) is 10.6 Å². The molecule has 0 radical (unpaired) electrons. The van der Waals surface area contributed by atoms with Gasteiger partial charge in [-0.3, -0.25) is 4.57 Å². The highest BCUT2D eigenvalue weighted by Crippen LogP contribution is 2.35. The van der Waals surface area contributed by atoms with Crippen molar-refractivity contribution >= 4 is 28.7 Å². The van der Waals surface area contributed by atoms with Crippen LogP contribution in [-0.2, 0) is 0 Å². The summed E-state index contributed by atoms with van der Waals surface area (Å²) in [5.74, 6) is -0.643. The molecule has 2 heterocycles. The lowest BCUT2D eigenvalue weighted by Crippen LogP contribution is -2.27. The zero-order valence-corrected chi connectivity index (χ0v) is 17.3. The van der Waals surface area contributed by atoms with Crippen LogP contribution in [0.15, 0.2) is 24.4 Å². The maximum absolute atomic E-state index is 14.3. The van der Waals surface area contributed by atoms with E-state index >= 15 is 0 Å². The summed E-state index contributed by atoms with van der Waals surface area (Å²) < 4.78 is 30.4. The van der Waals surface area contributed by atoms with E-state index in [-0.39, 0.29) is 30.8 Å². The molecule has 3 aromatic rings. The smallest absolute Gasteiger partial charge is 0.225 e. The summed E-state index contributed by atoms with van der Waals surface area (Å²) in [6.07, 6.45) is 4.00. The van der Waals surface area contributed by atoms with Crippen molar-refractivity contribution in [3.63, 3.8) is 0 Å². The minimum Gasteiger partial charge on any atom is -0.393 e. The van der Waals surface area contributed by atoms with Gasteiger partial charge in [0, 0.05) is 11.6 Å². The Labute approximate surface area is 180 Å². The fourth-order valence-corrected chi connectivity index (χ4v) is 3.77. The zero-order valence-electron chi connectivity index (χ0n) is 17.3. The fraction of sp³-hybridized carbons (Fsp3) is 0.500. The normalized spacial score (nSPS) is 19.2. The molecule has 7 nitrogen and oxygen atoms in total. The first-order valence-electron chi connectivity index (χ1n) is 10.1. The first kappa shape index (κ1) is 22.9. The average Bonchev–Trinajstić information content (AvgIpc) is 3.01. The molecule has 3 N–H and O–H groups in total. The number of rotatable bonds is 4. The summed E-state index contributed by atoms with van der Waals surface area (Å²) in [6, 6.07) is 3.70. The summed E-state index contributed by atoms with van der Waals surface area (Å²) in [5, 5.41) is 16.0. The van der Waals surface area contributed by atoms with E-state index in [1.54, 1.807) is 6.20 Å². The molecule has 1 fully saturated rings. The highest BCUT2D eigenvalue weighted by Gasteiger charge is 2.27. The van der Waals surface area contributed by atoms with Crippen LogP contribution in [-0.4, -0.2) is 36.3 Å². The van der Waals surface area contributed by atoms with Gasteiger partial charge in [0.25, 0.3) is 0 Å². The van der Waals surface area contributed by atoms with E-state index < -0.39 is 11.6 Å². The number of aliphatic hydroxyl groups excluding tert-OH is 1. The second-order valence-corrected chi connectivity index (χ2v) is 8.77. The molecule has 168 valence electrons. The van der Waals surface area contributed by atoms with Crippen molar-refractivity contribution in [2.24, 2.45) is 0 Å². The first-order valence-corrected chi connectivity index (χ1v) is 10.1. The molecule has 31 heavy (non-hydrogen) atoms. The molecule has 1 aliphatic carbocycles. The largest absolute Gasteiger partial charge is 0.393 e. The number of aliphatic hydroxyl groups is 1. The van der Waals surface area contributed by atoms with Gasteiger partial charge in [0.05, 0.1) is 12.3 Å². The number of hydrogen-bond donors (Lipinski definition) is 3. The summed E-state index contributed by atoms with van der Waals surface area (Å²) in [4.78, 5) is 13.5. The highest BCUT2D eigenvalue weighted by molar-refractivity contribution is 5.76. The molecular weight excluding hydrogens is 402 g/mol. The zero-order chi connectivity index (χ0) is 21.5. The van der Waals surface area contributed by atoms with Gasteiger partial charge in [0.1, 0.15) is 22.8 Å². The van der Waals surface area contributed by atoms with Gasteiger partial charge in [0.15, 0.2) is 5.65 Å². The van der Waals surface area contributed by atoms with Crippen LogP contribution >= 0.6 is 0 Å². The lowest BCUT2D eigenvalue weighted by atomic mass is 9.93. The van der Waals surface area contributed by atoms with Crippen molar-refractivity contribution in [3.05, 3.63) is 36.0 Å². The van der Waals surface area contributed by atoms with E-state index in [1.807, 2.05) is 25.3 Å². The Bertz CT molecular complexity index is 1030. The summed E-state index contributed by atoms with van der Waals surface area (Å²) in [6.45, 7) is 6.02. The minimum absolute atomic E-state index is 0. The topological polar surface area (TPSA) is 87.9 Å². The highest BCUT2D eigenvalue weighted by atomic mass is 19.1. The van der Waals surface area contributed by atoms with Crippen molar-refractivity contribution in [3.8, 4) is 0 Å². The van der Waals surface area contributed by atoms with Crippen LogP contribution in [0.1, 0.15) is 59.9 Å². The summed E-state index contributed by atoms with van der Waals surface area (Å²) >= 11 is 0. The van der Waals surface area contributed by atoms with E-state index in [0.717, 1.165) is 0 Å². The van der Waals surface area contributed by atoms with Crippen LogP contribution in [0.2, 0.25) is 0 Å². The van der Waals surface area contributed by atoms with E-state index in [2.05, 4.69) is 25.6 Å². The van der Waals surface area contributed by atoms with Crippen LogP contribution in [0.3, 0.4) is 0 Å². The molecule has 4 rings (SSSR count). The maximum Gasteiger partial charge on any atom is 0.225 e. The van der Waals surface area contributed by atoms with Crippen molar-refractivity contribution in [1.29, 1.82) is 0 Å². The Hall–Kier alpha value is -2.81. The number of halogens is 2. The number of nitrogens with zero attached hydrogens (tertiary/aromatic N) is 4. The number of anilines is 3. The number of nitrogens with one attached hydrogen (secondary N) is 2. The number of imidazole rings is 1. The van der Waals surface area contributed by atoms with E-state index in [4.69, 9.17) is 0 Å². The molecule has 0 amide bonds. The van der Waals surface area contributed by atoms with Gasteiger partial charge in [-0.2, -0.15) is 4.98 Å². The van der Waals surface area contributed by atoms with Gasteiger partial charge in [-0.15, -0.1) is 0 Å². The maximum atomic E-state index is 14.3. The SMILES string of the molecule is C.CC(C)(C)Nc1ncc2nc(Nc3c(F)cccc3F)n(C3CCC(O)CC3)c2n1. The number of fused-ring (bicyclic) bond motifs is 1. The fourth-order valence-electron chi connectivity index (χ4n) is 3.77. The van der Waals surface area contributed by atoms with Crippen molar-refractivity contribution in [2.45, 2.75) is 71.6 Å². The molecule has 0 bridgehead atoms. The quantitative estimate of drug-likeness (QED) is 0.527. The third-order valence-electron chi connectivity index (χ3n) is 5.15. The van der Waals surface area contributed by atoms with Crippen molar-refractivity contribution < 1.29 is 13.9 Å². The molecule has 0 aliphatic heterocycles. The van der Waals surface area contributed by atoms with Crippen LogP contribution in [0, 0.1) is 11.6 Å². The van der Waals surface area contributed by atoms with E-state index in [9.17, 15) is 13.9 Å². The van der Waals surface area contributed by atoms with Gasteiger partial charge >= 0.3 is 0 Å². The van der Waals surface area contributed by atoms with Crippen LogP contribution in [0.5, 0.6) is 0 Å². The molecule has 0 atom stereocenters. The van der Waals surface area contributed by atoms with Crippen LogP contribution in [0.25, 0.3) is 11.2 Å². The van der Waals surface area contributed by atoms with E-state index in [0.29, 0.717) is 48.7 Å². The van der Waals surface area contributed by atoms with Gasteiger partial charge < -0.3 is 15.7 Å². The van der Waals surface area contributed by atoms with Gasteiger partial charge in [0.2, 0.25) is 11.9 Å². The average molecular weight is 433 g/mol. The Kier molecular flexibility index (Phi) is 6.45. The van der Waals surface area contributed by atoms with E-state index in [1.165, 1.54) is 18.2 Å². The predicted molar refractivity (Wildman–Crippen MR) is 119 cm³/mol. The number of aromatic nitrogens is 4.